The van der Waals surface area contributed by atoms with Crippen LogP contribution in [0.1, 0.15) is 43.7 Å². The lowest BCUT2D eigenvalue weighted by Crippen LogP contribution is -2.40. The minimum absolute atomic E-state index is 0.115. The van der Waals surface area contributed by atoms with Gasteiger partial charge in [-0.2, -0.15) is 0 Å². The number of thiazole rings is 1. The van der Waals surface area contributed by atoms with E-state index in [4.69, 9.17) is 13.9 Å². The number of benzene rings is 2. The fraction of sp³-hybridized carbons (Fsp3) is 0.226. The second-order valence-electron chi connectivity index (χ2n) is 9.60. The van der Waals surface area contributed by atoms with Crippen LogP contribution in [0.2, 0.25) is 0 Å². The van der Waals surface area contributed by atoms with Crippen molar-refractivity contribution in [3.8, 4) is 0 Å². The summed E-state index contributed by atoms with van der Waals surface area (Å²) in [6.07, 6.45) is 1.46. The average molecular weight is 589 g/mol. The zero-order valence-electron chi connectivity index (χ0n) is 23.0. The van der Waals surface area contributed by atoms with E-state index in [9.17, 15) is 14.4 Å². The van der Waals surface area contributed by atoms with Crippen LogP contribution >= 0.6 is 23.1 Å². The number of allylic oxidation sites excluding steroid dienone is 1. The Labute approximate surface area is 244 Å². The number of hydrogen-bond acceptors (Lipinski definition) is 9. The number of aromatic nitrogens is 1. The van der Waals surface area contributed by atoms with Crippen LogP contribution in [0.5, 0.6) is 0 Å². The van der Waals surface area contributed by atoms with Crippen molar-refractivity contribution in [1.82, 2.24) is 4.57 Å². The summed E-state index contributed by atoms with van der Waals surface area (Å²) < 4.78 is 18.3. The zero-order valence-corrected chi connectivity index (χ0v) is 24.6. The van der Waals surface area contributed by atoms with Gasteiger partial charge in [0.15, 0.2) is 9.89 Å². The summed E-state index contributed by atoms with van der Waals surface area (Å²) >= 11 is 2.72. The second kappa shape index (κ2) is 12.2. The lowest BCUT2D eigenvalue weighted by atomic mass is 9.94. The van der Waals surface area contributed by atoms with Gasteiger partial charge in [-0.25, -0.2) is 9.79 Å². The maximum atomic E-state index is 13.8. The molecule has 5 rings (SSSR count). The molecule has 0 saturated carbocycles. The topological polar surface area (TPSA) is 100 Å². The smallest absolute Gasteiger partial charge is 0.338 e. The largest absolute Gasteiger partial charge is 0.469 e. The minimum atomic E-state index is -0.757. The van der Waals surface area contributed by atoms with Crippen molar-refractivity contribution in [3.63, 3.8) is 0 Å². The quantitative estimate of drug-likeness (QED) is 0.276. The summed E-state index contributed by atoms with van der Waals surface area (Å²) in [5, 5.41) is 0.703. The second-order valence-corrected chi connectivity index (χ2v) is 11.7. The van der Waals surface area contributed by atoms with Crippen LogP contribution in [0, 0.1) is 0 Å². The predicted octanol–water partition coefficient (Wildman–Crippen LogP) is 4.65. The summed E-state index contributed by atoms with van der Waals surface area (Å²) in [6.45, 7) is 5.28. The first-order chi connectivity index (χ1) is 19.7. The van der Waals surface area contributed by atoms with Gasteiger partial charge in [0.1, 0.15) is 5.76 Å². The van der Waals surface area contributed by atoms with Crippen LogP contribution in [0.25, 0.3) is 6.08 Å². The van der Waals surface area contributed by atoms with E-state index in [-0.39, 0.29) is 29.6 Å². The van der Waals surface area contributed by atoms with Gasteiger partial charge >= 0.3 is 11.9 Å². The van der Waals surface area contributed by atoms with Gasteiger partial charge in [-0.15, -0.1) is 0 Å². The molecule has 210 valence electrons. The van der Waals surface area contributed by atoms with Crippen LogP contribution in [0.15, 0.2) is 102 Å². The van der Waals surface area contributed by atoms with E-state index in [0.29, 0.717) is 31.4 Å². The Bertz CT molecular complexity index is 1800. The van der Waals surface area contributed by atoms with Crippen molar-refractivity contribution in [2.24, 2.45) is 4.99 Å². The first-order valence-electron chi connectivity index (χ1n) is 13.0. The number of carbonyl (C=O) groups is 2. The first kappa shape index (κ1) is 28.4. The highest BCUT2D eigenvalue weighted by atomic mass is 32.2. The van der Waals surface area contributed by atoms with Gasteiger partial charge in [0, 0.05) is 11.0 Å². The molecule has 8 nitrogen and oxygen atoms in total. The highest BCUT2D eigenvalue weighted by Crippen LogP contribution is 2.32. The number of methoxy groups -OCH3 is 1. The molecule has 0 radical (unpaired) electrons. The van der Waals surface area contributed by atoms with Crippen LogP contribution in [0.3, 0.4) is 0 Å². The summed E-state index contributed by atoms with van der Waals surface area (Å²) in [5.41, 5.74) is 1.91. The molecule has 2 aromatic carbocycles. The Balaban J connectivity index is 1.56. The molecule has 0 unspecified atom stereocenters. The van der Waals surface area contributed by atoms with Crippen LogP contribution < -0.4 is 14.9 Å². The highest BCUT2D eigenvalue weighted by molar-refractivity contribution is 7.99. The molecule has 0 amide bonds. The first-order valence-corrected chi connectivity index (χ1v) is 14.6. The molecule has 1 aliphatic heterocycles. The zero-order chi connectivity index (χ0) is 29.1. The molecule has 4 aromatic rings. The Morgan fingerprint density at radius 1 is 1.10 bits per heavy atom. The van der Waals surface area contributed by atoms with E-state index in [0.717, 1.165) is 10.5 Å². The van der Waals surface area contributed by atoms with E-state index < -0.39 is 12.0 Å². The van der Waals surface area contributed by atoms with Crippen molar-refractivity contribution in [2.45, 2.75) is 49.3 Å². The van der Waals surface area contributed by atoms with Crippen molar-refractivity contribution in [1.29, 1.82) is 0 Å². The molecule has 0 aliphatic carbocycles. The molecule has 10 heteroatoms. The molecule has 41 heavy (non-hydrogen) atoms. The van der Waals surface area contributed by atoms with E-state index >= 15 is 0 Å². The predicted molar refractivity (Wildman–Crippen MR) is 156 cm³/mol. The van der Waals surface area contributed by atoms with Gasteiger partial charge in [-0.05, 0) is 56.2 Å². The number of fused-ring (bicyclic) bond motifs is 1. The van der Waals surface area contributed by atoms with E-state index in [1.54, 1.807) is 51.1 Å². The van der Waals surface area contributed by atoms with Crippen LogP contribution in [-0.4, -0.2) is 29.7 Å². The molecule has 0 fully saturated rings. The molecule has 1 atom stereocenters. The third kappa shape index (κ3) is 6.28. The monoisotopic (exact) mass is 588 g/mol. The van der Waals surface area contributed by atoms with Gasteiger partial charge < -0.3 is 13.9 Å². The lowest BCUT2D eigenvalue weighted by molar-refractivity contribution is -0.143. The van der Waals surface area contributed by atoms with Gasteiger partial charge in [-0.3, -0.25) is 14.2 Å². The normalized spacial score (nSPS) is 15.0. The minimum Gasteiger partial charge on any atom is -0.469 e. The van der Waals surface area contributed by atoms with E-state index in [1.807, 2.05) is 42.5 Å². The van der Waals surface area contributed by atoms with Gasteiger partial charge in [-0.1, -0.05) is 65.6 Å². The maximum absolute atomic E-state index is 13.8. The number of esters is 2. The van der Waals surface area contributed by atoms with Gasteiger partial charge in [0.2, 0.25) is 0 Å². The molecule has 2 aromatic heterocycles. The molecular formula is C31H28N2O6S2. The molecule has 3 heterocycles. The summed E-state index contributed by atoms with van der Waals surface area (Å²) in [6, 6.07) is 20.0. The summed E-state index contributed by atoms with van der Waals surface area (Å²) in [4.78, 5) is 45.0. The van der Waals surface area contributed by atoms with Gasteiger partial charge in [0.05, 0.1) is 41.5 Å². The number of nitrogens with zero attached hydrogens (tertiary/aromatic N) is 2. The average Bonchev–Trinajstić information content (AvgIpc) is 3.51. The molecular weight excluding hydrogens is 560 g/mol. The van der Waals surface area contributed by atoms with Crippen molar-refractivity contribution in [3.05, 3.63) is 115 Å². The Morgan fingerprint density at radius 3 is 2.51 bits per heavy atom. The summed E-state index contributed by atoms with van der Waals surface area (Å²) in [5.74, 6) is -0.355. The van der Waals surface area contributed by atoms with Crippen molar-refractivity contribution in [2.75, 3.05) is 7.11 Å². The molecule has 0 N–H and O–H groups in total. The fourth-order valence-electron chi connectivity index (χ4n) is 4.43. The molecule has 0 bridgehead atoms. The maximum Gasteiger partial charge on any atom is 0.338 e. The Kier molecular flexibility index (Phi) is 8.41. The van der Waals surface area contributed by atoms with Crippen molar-refractivity contribution >= 4 is 41.1 Å². The third-order valence-electron chi connectivity index (χ3n) is 6.29. The lowest BCUT2D eigenvalue weighted by Gasteiger charge is -2.25. The SMILES string of the molecule is COC(=O)Cc1ccc([C@H]2C(C(=O)OC(C)C)=C(C)N=c3s/c(=C/c4ccc(Sc5ccccc5)o4)c(=O)n32)cc1. The third-order valence-corrected chi connectivity index (χ3v) is 8.20. The number of rotatable bonds is 8. The summed E-state index contributed by atoms with van der Waals surface area (Å²) in [7, 11) is 1.34. The molecule has 0 saturated heterocycles. The number of ether oxygens (including phenoxy) is 2. The van der Waals surface area contributed by atoms with E-state index in [1.165, 1.54) is 34.8 Å². The van der Waals surface area contributed by atoms with E-state index in [2.05, 4.69) is 4.99 Å². The number of hydrogen-bond donors (Lipinski definition) is 0. The number of carbonyl (C=O) groups excluding carboxylic acids is 2. The van der Waals surface area contributed by atoms with Crippen LogP contribution in [-0.2, 0) is 25.5 Å². The Morgan fingerprint density at radius 2 is 1.83 bits per heavy atom. The standard InChI is InChI=1S/C31H28N2O6S2/c1-18(2)38-30(36)27-19(3)32-31-33(28(27)21-12-10-20(11-13-21)16-25(34)37-4)29(35)24(41-31)17-22-14-15-26(39-22)40-23-8-6-5-7-9-23/h5-15,17-18,28H,16H2,1-4H3/b24-17+/t28-/m0/s1. The fourth-order valence-corrected chi connectivity index (χ4v) is 6.26. The number of furan rings is 1. The van der Waals surface area contributed by atoms with Crippen LogP contribution in [0.4, 0.5) is 0 Å². The Hall–Kier alpha value is -4.15. The van der Waals surface area contributed by atoms with Crippen molar-refractivity contribution < 1.29 is 23.5 Å². The molecule has 1 aliphatic rings. The highest BCUT2D eigenvalue weighted by Gasteiger charge is 2.33. The van der Waals surface area contributed by atoms with Gasteiger partial charge in [0.25, 0.3) is 5.56 Å². The molecule has 0 spiro atoms.